The fourth-order valence-corrected chi connectivity index (χ4v) is 8.87. The Balaban J connectivity index is 0.964. The van der Waals surface area contributed by atoms with Gasteiger partial charge in [0, 0.05) is 43.4 Å². The van der Waals surface area contributed by atoms with Gasteiger partial charge in [0.25, 0.3) is 0 Å². The third-order valence-corrected chi connectivity index (χ3v) is 11.5. The highest BCUT2D eigenvalue weighted by Crippen LogP contribution is 2.45. The lowest BCUT2D eigenvalue weighted by Gasteiger charge is -2.14. The quantitative estimate of drug-likeness (QED) is 0.177. The van der Waals surface area contributed by atoms with Crippen molar-refractivity contribution >= 4 is 65.8 Å². The highest BCUT2D eigenvalue weighted by molar-refractivity contribution is 6.16. The molecule has 57 heavy (non-hydrogen) atoms. The minimum absolute atomic E-state index is 0.877. The van der Waals surface area contributed by atoms with Gasteiger partial charge in [-0.25, -0.2) is 0 Å². The number of hydrogen-bond donors (Lipinski definition) is 0. The summed E-state index contributed by atoms with van der Waals surface area (Å²) in [5.74, 6) is 0. The molecule has 0 amide bonds. The summed E-state index contributed by atoms with van der Waals surface area (Å²) in [6, 6.07) is 68.6. The lowest BCUT2D eigenvalue weighted by molar-refractivity contribution is 0.668. The first-order valence-corrected chi connectivity index (χ1v) is 19.3. The topological polar surface area (TPSA) is 39.4 Å². The van der Waals surface area contributed by atoms with Crippen LogP contribution in [0.5, 0.6) is 0 Å². The van der Waals surface area contributed by atoms with Crippen LogP contribution in [0.25, 0.3) is 121 Å². The minimum Gasteiger partial charge on any atom is -0.456 e. The summed E-state index contributed by atoms with van der Waals surface area (Å²) in [5.41, 5.74) is 16.8. The number of benzene rings is 9. The maximum Gasteiger partial charge on any atom is 0.143 e. The molecule has 0 spiro atoms. The van der Waals surface area contributed by atoms with Crippen molar-refractivity contribution in [3.05, 3.63) is 194 Å². The number of rotatable bonds is 5. The van der Waals surface area contributed by atoms with Crippen LogP contribution in [0.2, 0.25) is 0 Å². The highest BCUT2D eigenvalue weighted by atomic mass is 16.3. The summed E-state index contributed by atoms with van der Waals surface area (Å²) >= 11 is 0. The maximum atomic E-state index is 6.43. The Kier molecular flexibility index (Phi) is 6.93. The average Bonchev–Trinajstić information content (AvgIpc) is 3.98. The van der Waals surface area contributed by atoms with E-state index >= 15 is 0 Å². The van der Waals surface area contributed by atoms with E-state index in [-0.39, 0.29) is 0 Å². The molecule has 3 nitrogen and oxygen atoms in total. The third kappa shape index (κ3) is 4.99. The summed E-state index contributed by atoms with van der Waals surface area (Å²) in [6.45, 7) is 0. The van der Waals surface area contributed by atoms with Crippen molar-refractivity contribution in [2.45, 2.75) is 0 Å². The lowest BCUT2D eigenvalue weighted by Crippen LogP contribution is -1.89. The second kappa shape index (κ2) is 12.5. The Morgan fingerprint density at radius 2 is 0.754 bits per heavy atom. The van der Waals surface area contributed by atoms with Crippen molar-refractivity contribution < 1.29 is 13.3 Å². The Labute approximate surface area is 327 Å². The van der Waals surface area contributed by atoms with Crippen LogP contribution in [0.15, 0.2) is 207 Å². The van der Waals surface area contributed by atoms with Crippen LogP contribution < -0.4 is 0 Å². The predicted molar refractivity (Wildman–Crippen MR) is 235 cm³/mol. The Bertz CT molecular complexity index is 3500. The van der Waals surface area contributed by atoms with Crippen molar-refractivity contribution in [3.63, 3.8) is 0 Å². The molecule has 266 valence electrons. The molecule has 0 aliphatic rings. The fourth-order valence-electron chi connectivity index (χ4n) is 8.87. The number of hydrogen-bond acceptors (Lipinski definition) is 3. The molecule has 12 aromatic rings. The molecule has 0 saturated carbocycles. The molecule has 0 fully saturated rings. The number of fused-ring (bicyclic) bond motifs is 9. The molecule has 3 heterocycles. The van der Waals surface area contributed by atoms with Gasteiger partial charge in [-0.05, 0) is 80.9 Å². The molecule has 0 N–H and O–H groups in total. The van der Waals surface area contributed by atoms with Crippen molar-refractivity contribution in [3.8, 4) is 55.6 Å². The molecule has 0 unspecified atom stereocenters. The molecular weight excluding hydrogens is 697 g/mol. The normalized spacial score (nSPS) is 11.9. The molecule has 0 aliphatic heterocycles. The minimum atomic E-state index is 0.877. The number of furan rings is 3. The van der Waals surface area contributed by atoms with Gasteiger partial charge in [0.05, 0.1) is 0 Å². The van der Waals surface area contributed by atoms with Gasteiger partial charge < -0.3 is 13.3 Å². The molecule has 12 rings (SSSR count). The van der Waals surface area contributed by atoms with Gasteiger partial charge in [0.1, 0.15) is 33.5 Å². The molecule has 0 saturated heterocycles. The smallest absolute Gasteiger partial charge is 0.143 e. The largest absolute Gasteiger partial charge is 0.456 e. The first-order chi connectivity index (χ1) is 28.2. The summed E-state index contributed by atoms with van der Waals surface area (Å²) < 4.78 is 19.1. The summed E-state index contributed by atoms with van der Waals surface area (Å²) in [7, 11) is 0. The zero-order valence-corrected chi connectivity index (χ0v) is 30.7. The Morgan fingerprint density at radius 3 is 1.51 bits per heavy atom. The zero-order chi connectivity index (χ0) is 37.5. The van der Waals surface area contributed by atoms with E-state index in [2.05, 4.69) is 164 Å². The molecule has 9 aromatic carbocycles. The molecule has 3 aromatic heterocycles. The third-order valence-electron chi connectivity index (χ3n) is 11.5. The van der Waals surface area contributed by atoms with E-state index in [1.54, 1.807) is 0 Å². The molecule has 0 atom stereocenters. The van der Waals surface area contributed by atoms with Gasteiger partial charge in [-0.3, -0.25) is 0 Å². The molecule has 0 bridgehead atoms. The van der Waals surface area contributed by atoms with Crippen LogP contribution in [0.3, 0.4) is 0 Å². The van der Waals surface area contributed by atoms with Gasteiger partial charge in [-0.2, -0.15) is 0 Å². The predicted octanol–water partition coefficient (Wildman–Crippen LogP) is 15.7. The van der Waals surface area contributed by atoms with Crippen molar-refractivity contribution in [2.75, 3.05) is 0 Å². The Morgan fingerprint density at radius 1 is 0.246 bits per heavy atom. The van der Waals surface area contributed by atoms with E-state index in [9.17, 15) is 0 Å². The molecule has 0 radical (unpaired) electrons. The highest BCUT2D eigenvalue weighted by Gasteiger charge is 2.19. The second-order valence-electron chi connectivity index (χ2n) is 14.8. The van der Waals surface area contributed by atoms with Crippen LogP contribution in [-0.2, 0) is 0 Å². The Hall–Kier alpha value is -7.62. The van der Waals surface area contributed by atoms with Gasteiger partial charge in [0.2, 0.25) is 0 Å². The maximum absolute atomic E-state index is 6.43. The molecular formula is C54H32O3. The van der Waals surface area contributed by atoms with Gasteiger partial charge in [0.15, 0.2) is 0 Å². The van der Waals surface area contributed by atoms with Crippen LogP contribution in [-0.4, -0.2) is 0 Å². The van der Waals surface area contributed by atoms with Crippen molar-refractivity contribution in [1.29, 1.82) is 0 Å². The van der Waals surface area contributed by atoms with E-state index in [0.29, 0.717) is 0 Å². The zero-order valence-electron chi connectivity index (χ0n) is 30.7. The summed E-state index contributed by atoms with van der Waals surface area (Å²) in [6.07, 6.45) is 0. The van der Waals surface area contributed by atoms with Crippen LogP contribution in [0, 0.1) is 0 Å². The van der Waals surface area contributed by atoms with E-state index in [1.807, 2.05) is 30.3 Å². The van der Waals surface area contributed by atoms with E-state index in [4.69, 9.17) is 13.3 Å². The van der Waals surface area contributed by atoms with Gasteiger partial charge in [-0.15, -0.1) is 0 Å². The van der Waals surface area contributed by atoms with E-state index in [1.165, 1.54) is 0 Å². The van der Waals surface area contributed by atoms with Crippen LogP contribution >= 0.6 is 0 Å². The fraction of sp³-hybridized carbons (Fsp3) is 0. The number of para-hydroxylation sites is 4. The summed E-state index contributed by atoms with van der Waals surface area (Å²) in [5, 5.41) is 6.77. The van der Waals surface area contributed by atoms with Gasteiger partial charge in [-0.1, -0.05) is 158 Å². The second-order valence-corrected chi connectivity index (χ2v) is 14.8. The van der Waals surface area contributed by atoms with Crippen molar-refractivity contribution in [2.24, 2.45) is 0 Å². The van der Waals surface area contributed by atoms with E-state index in [0.717, 1.165) is 121 Å². The van der Waals surface area contributed by atoms with Crippen LogP contribution in [0.4, 0.5) is 0 Å². The molecule has 3 heteroatoms. The SMILES string of the molecule is c1cc(-c2ccc(-c3c(-c4ccc(-c5cccc6oc7ccccc7c56)cc4)ccc4oc5ccccc5c34)cc2)cc(-c2cccc3c2oc2ccccc23)c1. The molecule has 0 aliphatic carbocycles. The average molecular weight is 729 g/mol. The monoisotopic (exact) mass is 728 g/mol. The first kappa shape index (κ1) is 31.7. The van der Waals surface area contributed by atoms with Crippen LogP contribution in [0.1, 0.15) is 0 Å². The van der Waals surface area contributed by atoms with Crippen molar-refractivity contribution in [1.82, 2.24) is 0 Å². The standard InChI is InChI=1S/C54H32O3/c1-4-18-46-42(12-1)43-17-8-16-41(54(43)57-46)38-11-7-10-37(32-38)33-22-28-36(29-23-33)51-40(30-31-50-53(51)45-14-3-6-20-48(45)56-50)35-26-24-34(25-27-35)39-15-9-21-49-52(39)44-13-2-5-19-47(44)55-49/h1-32H. The first-order valence-electron chi connectivity index (χ1n) is 19.3. The summed E-state index contributed by atoms with van der Waals surface area (Å²) in [4.78, 5) is 0. The lowest BCUT2D eigenvalue weighted by atomic mass is 9.89. The van der Waals surface area contributed by atoms with E-state index < -0.39 is 0 Å². The van der Waals surface area contributed by atoms with Gasteiger partial charge >= 0.3 is 0 Å².